The number of aromatic nitrogens is 2. The van der Waals surface area contributed by atoms with Gasteiger partial charge in [0, 0.05) is 18.3 Å². The van der Waals surface area contributed by atoms with Gasteiger partial charge in [0.15, 0.2) is 0 Å². The maximum atomic E-state index is 12.1. The van der Waals surface area contributed by atoms with E-state index < -0.39 is 12.1 Å². The standard InChI is InChI=1S/C20H15N3O4/c24-18(25)12-9-21-19(22-10-12)23-20(26)27-11-17-15-7-3-1-5-13(15)14-6-2-4-8-16(14)17/h1-10,17H,11H2,(H,24,25)(H,21,22,23,26). The number of amides is 1. The van der Waals surface area contributed by atoms with Crippen LogP contribution in [-0.4, -0.2) is 33.7 Å². The second-order valence-corrected chi connectivity index (χ2v) is 6.05. The van der Waals surface area contributed by atoms with Crippen LogP contribution in [0.5, 0.6) is 0 Å². The summed E-state index contributed by atoms with van der Waals surface area (Å²) in [6.45, 7) is 0.174. The molecule has 7 heteroatoms. The summed E-state index contributed by atoms with van der Waals surface area (Å²) in [6, 6.07) is 16.1. The van der Waals surface area contributed by atoms with E-state index in [0.29, 0.717) is 0 Å². The van der Waals surface area contributed by atoms with Gasteiger partial charge in [-0.3, -0.25) is 5.32 Å². The van der Waals surface area contributed by atoms with E-state index in [1.54, 1.807) is 0 Å². The summed E-state index contributed by atoms with van der Waals surface area (Å²) in [4.78, 5) is 30.5. The van der Waals surface area contributed by atoms with Crippen molar-refractivity contribution in [3.63, 3.8) is 0 Å². The average Bonchev–Trinajstić information content (AvgIpc) is 3.01. The molecule has 1 heterocycles. The fraction of sp³-hybridized carbons (Fsp3) is 0.100. The third kappa shape index (κ3) is 3.22. The minimum atomic E-state index is -1.14. The third-order valence-electron chi connectivity index (χ3n) is 4.46. The lowest BCUT2D eigenvalue weighted by Crippen LogP contribution is -2.19. The van der Waals surface area contributed by atoms with Gasteiger partial charge in [-0.1, -0.05) is 48.5 Å². The van der Waals surface area contributed by atoms with Crippen molar-refractivity contribution in [2.24, 2.45) is 0 Å². The molecule has 1 aliphatic carbocycles. The van der Waals surface area contributed by atoms with E-state index in [4.69, 9.17) is 9.84 Å². The van der Waals surface area contributed by atoms with Crippen LogP contribution in [0.1, 0.15) is 27.4 Å². The van der Waals surface area contributed by atoms with Crippen molar-refractivity contribution in [3.8, 4) is 11.1 Å². The first-order valence-electron chi connectivity index (χ1n) is 8.31. The van der Waals surface area contributed by atoms with Crippen molar-refractivity contribution in [3.05, 3.63) is 77.6 Å². The first kappa shape index (κ1) is 16.7. The molecule has 0 unspecified atom stereocenters. The number of nitrogens with one attached hydrogen (secondary N) is 1. The Kier molecular flexibility index (Phi) is 4.25. The first-order chi connectivity index (χ1) is 13.1. The number of benzene rings is 2. The topological polar surface area (TPSA) is 101 Å². The highest BCUT2D eigenvalue weighted by Crippen LogP contribution is 2.44. The summed E-state index contributed by atoms with van der Waals surface area (Å²) in [5, 5.41) is 11.2. The highest BCUT2D eigenvalue weighted by Gasteiger charge is 2.29. The Balaban J connectivity index is 1.45. The van der Waals surface area contributed by atoms with Crippen LogP contribution in [-0.2, 0) is 4.74 Å². The predicted octanol–water partition coefficient (Wildman–Crippen LogP) is 3.54. The van der Waals surface area contributed by atoms with Gasteiger partial charge in [0.2, 0.25) is 5.95 Å². The van der Waals surface area contributed by atoms with E-state index in [2.05, 4.69) is 27.4 Å². The van der Waals surface area contributed by atoms with E-state index in [0.717, 1.165) is 34.6 Å². The summed E-state index contributed by atoms with van der Waals surface area (Å²) in [5.74, 6) is -1.20. The molecule has 0 spiro atoms. The Morgan fingerprint density at radius 3 is 2.07 bits per heavy atom. The molecule has 3 aromatic rings. The van der Waals surface area contributed by atoms with Crippen molar-refractivity contribution in [2.45, 2.75) is 5.92 Å². The molecular formula is C20H15N3O4. The van der Waals surface area contributed by atoms with E-state index in [9.17, 15) is 9.59 Å². The van der Waals surface area contributed by atoms with Gasteiger partial charge < -0.3 is 9.84 Å². The molecule has 4 rings (SSSR count). The van der Waals surface area contributed by atoms with Gasteiger partial charge in [-0.05, 0) is 22.3 Å². The van der Waals surface area contributed by atoms with Crippen molar-refractivity contribution in [1.82, 2.24) is 9.97 Å². The number of carboxylic acids is 1. The number of anilines is 1. The second kappa shape index (κ2) is 6.87. The molecule has 1 aliphatic rings. The molecule has 2 aromatic carbocycles. The average molecular weight is 361 g/mol. The number of ether oxygens (including phenoxy) is 1. The quantitative estimate of drug-likeness (QED) is 0.737. The van der Waals surface area contributed by atoms with Gasteiger partial charge >= 0.3 is 12.1 Å². The molecule has 0 fully saturated rings. The number of rotatable bonds is 4. The van der Waals surface area contributed by atoms with Crippen LogP contribution in [0.2, 0.25) is 0 Å². The summed E-state index contributed by atoms with van der Waals surface area (Å²) in [7, 11) is 0. The highest BCUT2D eigenvalue weighted by atomic mass is 16.5. The maximum absolute atomic E-state index is 12.1. The molecule has 0 saturated heterocycles. The van der Waals surface area contributed by atoms with Gasteiger partial charge in [0.25, 0.3) is 0 Å². The Hall–Kier alpha value is -3.74. The summed E-state index contributed by atoms with van der Waals surface area (Å²) >= 11 is 0. The van der Waals surface area contributed by atoms with Crippen molar-refractivity contribution < 1.29 is 19.4 Å². The van der Waals surface area contributed by atoms with Gasteiger partial charge in [-0.2, -0.15) is 0 Å². The van der Waals surface area contributed by atoms with E-state index in [-0.39, 0.29) is 24.0 Å². The fourth-order valence-corrected chi connectivity index (χ4v) is 3.23. The maximum Gasteiger partial charge on any atom is 0.414 e. The minimum absolute atomic E-state index is 0.0165. The van der Waals surface area contributed by atoms with Crippen molar-refractivity contribution in [2.75, 3.05) is 11.9 Å². The monoisotopic (exact) mass is 361 g/mol. The van der Waals surface area contributed by atoms with Gasteiger partial charge in [-0.25, -0.2) is 19.6 Å². The van der Waals surface area contributed by atoms with Crippen LogP contribution in [0, 0.1) is 0 Å². The van der Waals surface area contributed by atoms with Crippen LogP contribution < -0.4 is 5.32 Å². The van der Waals surface area contributed by atoms with Gasteiger partial charge in [-0.15, -0.1) is 0 Å². The number of aromatic carboxylic acids is 1. The Morgan fingerprint density at radius 2 is 1.52 bits per heavy atom. The molecule has 0 atom stereocenters. The fourth-order valence-electron chi connectivity index (χ4n) is 3.23. The number of carbonyl (C=O) groups excluding carboxylic acids is 1. The van der Waals surface area contributed by atoms with Crippen molar-refractivity contribution >= 4 is 18.0 Å². The van der Waals surface area contributed by atoms with Crippen molar-refractivity contribution in [1.29, 1.82) is 0 Å². The summed E-state index contributed by atoms with van der Waals surface area (Å²) in [6.07, 6.45) is 1.54. The number of carbonyl (C=O) groups is 2. The Bertz CT molecular complexity index is 972. The van der Waals surface area contributed by atoms with Gasteiger partial charge in [0.05, 0.1) is 5.56 Å². The van der Waals surface area contributed by atoms with Crippen LogP contribution in [0.15, 0.2) is 60.9 Å². The molecule has 27 heavy (non-hydrogen) atoms. The molecular weight excluding hydrogens is 346 g/mol. The first-order valence-corrected chi connectivity index (χ1v) is 8.31. The zero-order valence-electron chi connectivity index (χ0n) is 14.1. The smallest absolute Gasteiger partial charge is 0.414 e. The molecule has 2 N–H and O–H groups in total. The molecule has 0 aliphatic heterocycles. The summed E-state index contributed by atoms with van der Waals surface area (Å²) < 4.78 is 5.37. The minimum Gasteiger partial charge on any atom is -0.478 e. The van der Waals surface area contributed by atoms with Crippen LogP contribution in [0.4, 0.5) is 10.7 Å². The van der Waals surface area contributed by atoms with Crippen LogP contribution >= 0.6 is 0 Å². The highest BCUT2D eigenvalue weighted by molar-refractivity contribution is 5.87. The lowest BCUT2D eigenvalue weighted by molar-refractivity contribution is 0.0696. The Labute approximate surface area is 154 Å². The Morgan fingerprint density at radius 1 is 0.963 bits per heavy atom. The third-order valence-corrected chi connectivity index (χ3v) is 4.46. The molecule has 1 aromatic heterocycles. The van der Waals surface area contributed by atoms with E-state index in [1.807, 2.05) is 36.4 Å². The number of fused-ring (bicyclic) bond motifs is 3. The zero-order chi connectivity index (χ0) is 18.8. The summed E-state index contributed by atoms with van der Waals surface area (Å²) in [5.41, 5.74) is 4.47. The van der Waals surface area contributed by atoms with Crippen LogP contribution in [0.3, 0.4) is 0 Å². The normalized spacial score (nSPS) is 12.1. The molecule has 1 amide bonds. The molecule has 0 saturated carbocycles. The SMILES string of the molecule is O=C(Nc1ncc(C(=O)O)cn1)OCC1c2ccccc2-c2ccccc21. The van der Waals surface area contributed by atoms with Crippen LogP contribution in [0.25, 0.3) is 11.1 Å². The lowest BCUT2D eigenvalue weighted by atomic mass is 9.98. The second-order valence-electron chi connectivity index (χ2n) is 6.05. The number of hydrogen-bond donors (Lipinski definition) is 2. The zero-order valence-corrected chi connectivity index (χ0v) is 14.1. The largest absolute Gasteiger partial charge is 0.478 e. The van der Waals surface area contributed by atoms with Gasteiger partial charge in [0.1, 0.15) is 6.61 Å². The number of carboxylic acid groups (broad SMARTS) is 1. The molecule has 7 nitrogen and oxygen atoms in total. The van der Waals surface area contributed by atoms with E-state index >= 15 is 0 Å². The van der Waals surface area contributed by atoms with E-state index in [1.165, 1.54) is 0 Å². The molecule has 134 valence electrons. The molecule has 0 radical (unpaired) electrons. The number of nitrogens with zero attached hydrogens (tertiary/aromatic N) is 2. The lowest BCUT2D eigenvalue weighted by Gasteiger charge is -2.14. The molecule has 0 bridgehead atoms. The predicted molar refractivity (Wildman–Crippen MR) is 97.7 cm³/mol. The number of hydrogen-bond acceptors (Lipinski definition) is 5.